The molecular formula is C12H20OS. The lowest BCUT2D eigenvalue weighted by molar-refractivity contribution is 0.287. The van der Waals surface area contributed by atoms with E-state index in [2.05, 4.69) is 12.1 Å². The molecule has 0 atom stereocenters. The standard InChI is InChI=1S/C10H14OS.C2H6/c11-8-4-5-9-12-10-6-2-1-3-7-10;1-2/h1-3,6-7,11H,4-5,8-9H2;1-2H3. The molecule has 1 aromatic rings. The monoisotopic (exact) mass is 212 g/mol. The van der Waals surface area contributed by atoms with Gasteiger partial charge < -0.3 is 5.11 Å². The normalized spacial score (nSPS) is 9.07. The molecule has 14 heavy (non-hydrogen) atoms. The first-order valence-electron chi connectivity index (χ1n) is 5.22. The van der Waals surface area contributed by atoms with E-state index in [9.17, 15) is 0 Å². The highest BCUT2D eigenvalue weighted by molar-refractivity contribution is 7.99. The van der Waals surface area contributed by atoms with Gasteiger partial charge in [-0.15, -0.1) is 11.8 Å². The summed E-state index contributed by atoms with van der Waals surface area (Å²) in [6.45, 7) is 4.31. The van der Waals surface area contributed by atoms with E-state index < -0.39 is 0 Å². The molecule has 0 bridgehead atoms. The Bertz CT molecular complexity index is 199. The average Bonchev–Trinajstić information content (AvgIpc) is 2.29. The Balaban J connectivity index is 0.000000791. The summed E-state index contributed by atoms with van der Waals surface area (Å²) in [6, 6.07) is 10.4. The van der Waals surface area contributed by atoms with E-state index in [1.165, 1.54) is 4.90 Å². The minimum absolute atomic E-state index is 0.315. The SMILES string of the molecule is CC.OCCCCSc1ccccc1. The van der Waals surface area contributed by atoms with Crippen LogP contribution in [-0.2, 0) is 0 Å². The molecule has 0 radical (unpaired) electrons. The molecule has 0 saturated heterocycles. The maximum absolute atomic E-state index is 8.55. The molecule has 0 heterocycles. The van der Waals surface area contributed by atoms with Gasteiger partial charge in [0.1, 0.15) is 0 Å². The summed E-state index contributed by atoms with van der Waals surface area (Å²) in [6.07, 6.45) is 2.01. The van der Waals surface area contributed by atoms with E-state index in [1.807, 2.05) is 43.8 Å². The Morgan fingerprint density at radius 3 is 2.29 bits per heavy atom. The number of rotatable bonds is 5. The lowest BCUT2D eigenvalue weighted by atomic mass is 10.4. The molecule has 0 spiro atoms. The Labute approximate surface area is 91.5 Å². The Morgan fingerprint density at radius 2 is 1.71 bits per heavy atom. The zero-order valence-corrected chi connectivity index (χ0v) is 9.89. The zero-order valence-electron chi connectivity index (χ0n) is 9.07. The van der Waals surface area contributed by atoms with Crippen LogP contribution in [0.15, 0.2) is 35.2 Å². The van der Waals surface area contributed by atoms with Crippen LogP contribution in [0.2, 0.25) is 0 Å². The molecule has 0 fully saturated rings. The van der Waals surface area contributed by atoms with Gasteiger partial charge in [-0.3, -0.25) is 0 Å². The van der Waals surface area contributed by atoms with Crippen molar-refractivity contribution in [2.75, 3.05) is 12.4 Å². The summed E-state index contributed by atoms with van der Waals surface area (Å²) in [7, 11) is 0. The average molecular weight is 212 g/mol. The minimum atomic E-state index is 0.315. The van der Waals surface area contributed by atoms with Crippen LogP contribution in [0, 0.1) is 0 Å². The molecule has 80 valence electrons. The summed E-state index contributed by atoms with van der Waals surface area (Å²) in [5, 5.41) is 8.55. The molecule has 0 amide bonds. The fraction of sp³-hybridized carbons (Fsp3) is 0.500. The van der Waals surface area contributed by atoms with Gasteiger partial charge in [-0.25, -0.2) is 0 Å². The molecule has 1 rings (SSSR count). The van der Waals surface area contributed by atoms with Crippen LogP contribution in [0.25, 0.3) is 0 Å². The number of aliphatic hydroxyl groups is 1. The highest BCUT2D eigenvalue weighted by Crippen LogP contribution is 2.17. The van der Waals surface area contributed by atoms with E-state index in [-0.39, 0.29) is 0 Å². The lowest BCUT2D eigenvalue weighted by Gasteiger charge is -1.99. The van der Waals surface area contributed by atoms with Gasteiger partial charge in [0, 0.05) is 11.5 Å². The topological polar surface area (TPSA) is 20.2 Å². The molecule has 0 saturated carbocycles. The lowest BCUT2D eigenvalue weighted by Crippen LogP contribution is -1.84. The van der Waals surface area contributed by atoms with E-state index in [0.29, 0.717) is 6.61 Å². The van der Waals surface area contributed by atoms with Crippen molar-refractivity contribution in [3.63, 3.8) is 0 Å². The first-order chi connectivity index (χ1) is 6.93. The smallest absolute Gasteiger partial charge is 0.0431 e. The van der Waals surface area contributed by atoms with Crippen molar-refractivity contribution in [2.24, 2.45) is 0 Å². The molecule has 0 unspecified atom stereocenters. The molecule has 0 aliphatic heterocycles. The van der Waals surface area contributed by atoms with Crippen molar-refractivity contribution < 1.29 is 5.11 Å². The molecule has 2 heteroatoms. The van der Waals surface area contributed by atoms with E-state index in [0.717, 1.165) is 18.6 Å². The van der Waals surface area contributed by atoms with E-state index in [1.54, 1.807) is 0 Å². The Hall–Kier alpha value is -0.470. The Morgan fingerprint density at radius 1 is 1.07 bits per heavy atom. The largest absolute Gasteiger partial charge is 0.396 e. The summed E-state index contributed by atoms with van der Waals surface area (Å²) < 4.78 is 0. The second kappa shape index (κ2) is 10.6. The van der Waals surface area contributed by atoms with Gasteiger partial charge in [-0.1, -0.05) is 32.0 Å². The molecule has 0 aromatic heterocycles. The van der Waals surface area contributed by atoms with Crippen LogP contribution in [0.3, 0.4) is 0 Å². The summed E-state index contributed by atoms with van der Waals surface area (Å²) >= 11 is 1.85. The van der Waals surface area contributed by atoms with Crippen molar-refractivity contribution >= 4 is 11.8 Å². The summed E-state index contributed by atoms with van der Waals surface area (Å²) in [5.74, 6) is 1.10. The summed E-state index contributed by atoms with van der Waals surface area (Å²) in [5.41, 5.74) is 0. The van der Waals surface area contributed by atoms with Crippen molar-refractivity contribution in [2.45, 2.75) is 31.6 Å². The highest BCUT2D eigenvalue weighted by atomic mass is 32.2. The Kier molecular flexibility index (Phi) is 10.3. The van der Waals surface area contributed by atoms with E-state index >= 15 is 0 Å². The van der Waals surface area contributed by atoms with Crippen LogP contribution < -0.4 is 0 Å². The first-order valence-corrected chi connectivity index (χ1v) is 6.21. The number of aliphatic hydroxyl groups excluding tert-OH is 1. The number of hydrogen-bond acceptors (Lipinski definition) is 2. The van der Waals surface area contributed by atoms with Gasteiger partial charge in [0.2, 0.25) is 0 Å². The highest BCUT2D eigenvalue weighted by Gasteiger charge is 1.91. The minimum Gasteiger partial charge on any atom is -0.396 e. The quantitative estimate of drug-likeness (QED) is 0.594. The summed E-state index contributed by atoms with van der Waals surface area (Å²) in [4.78, 5) is 1.32. The third-order valence-corrected chi connectivity index (χ3v) is 2.66. The van der Waals surface area contributed by atoms with Gasteiger partial charge in [-0.05, 0) is 30.7 Å². The van der Waals surface area contributed by atoms with Gasteiger partial charge in [0.05, 0.1) is 0 Å². The zero-order chi connectivity index (χ0) is 10.6. The second-order valence-corrected chi connectivity index (χ2v) is 3.76. The van der Waals surface area contributed by atoms with Gasteiger partial charge in [0.15, 0.2) is 0 Å². The number of thioether (sulfide) groups is 1. The number of unbranched alkanes of at least 4 members (excludes halogenated alkanes) is 1. The van der Waals surface area contributed by atoms with Crippen LogP contribution in [0.5, 0.6) is 0 Å². The fourth-order valence-electron chi connectivity index (χ4n) is 0.921. The molecule has 1 nitrogen and oxygen atoms in total. The van der Waals surface area contributed by atoms with Crippen molar-refractivity contribution in [1.29, 1.82) is 0 Å². The number of benzene rings is 1. The number of hydrogen-bond donors (Lipinski definition) is 1. The predicted octanol–water partition coefficient (Wildman–Crippen LogP) is 3.58. The van der Waals surface area contributed by atoms with Crippen molar-refractivity contribution in [1.82, 2.24) is 0 Å². The van der Waals surface area contributed by atoms with Gasteiger partial charge in [-0.2, -0.15) is 0 Å². The fourth-order valence-corrected chi connectivity index (χ4v) is 1.85. The van der Waals surface area contributed by atoms with Crippen LogP contribution >= 0.6 is 11.8 Å². The third kappa shape index (κ3) is 6.98. The first kappa shape index (κ1) is 13.5. The van der Waals surface area contributed by atoms with E-state index in [4.69, 9.17) is 5.11 Å². The molecule has 0 aliphatic carbocycles. The third-order valence-electron chi connectivity index (χ3n) is 1.56. The van der Waals surface area contributed by atoms with Crippen LogP contribution in [-0.4, -0.2) is 17.5 Å². The van der Waals surface area contributed by atoms with Crippen LogP contribution in [0.1, 0.15) is 26.7 Å². The predicted molar refractivity (Wildman–Crippen MR) is 64.8 cm³/mol. The maximum atomic E-state index is 8.55. The van der Waals surface area contributed by atoms with Gasteiger partial charge in [0.25, 0.3) is 0 Å². The van der Waals surface area contributed by atoms with Crippen molar-refractivity contribution in [3.05, 3.63) is 30.3 Å². The van der Waals surface area contributed by atoms with Crippen molar-refractivity contribution in [3.8, 4) is 0 Å². The second-order valence-electron chi connectivity index (χ2n) is 2.59. The molecule has 0 aliphatic rings. The van der Waals surface area contributed by atoms with Gasteiger partial charge >= 0.3 is 0 Å². The molecule has 1 N–H and O–H groups in total. The van der Waals surface area contributed by atoms with Crippen LogP contribution in [0.4, 0.5) is 0 Å². The molecular weight excluding hydrogens is 192 g/mol. The molecule has 1 aromatic carbocycles. The maximum Gasteiger partial charge on any atom is 0.0431 e.